The molecule has 88 valence electrons. The summed E-state index contributed by atoms with van der Waals surface area (Å²) in [6.07, 6.45) is 4.26. The number of likely N-dealkylation sites (N-methyl/N-ethyl adjacent to an activating group) is 1. The molecule has 1 unspecified atom stereocenters. The van der Waals surface area contributed by atoms with E-state index in [1.54, 1.807) is 11.8 Å². The lowest BCUT2D eigenvalue weighted by atomic mass is 9.97. The lowest BCUT2D eigenvalue weighted by molar-refractivity contribution is -0.149. The summed E-state index contributed by atoms with van der Waals surface area (Å²) in [5, 5.41) is 9.34. The van der Waals surface area contributed by atoms with E-state index in [1.807, 2.05) is 11.9 Å². The van der Waals surface area contributed by atoms with Gasteiger partial charge in [-0.3, -0.25) is 9.69 Å². The Kier molecular flexibility index (Phi) is 4.93. The lowest BCUT2D eigenvalue weighted by Gasteiger charge is -2.34. The van der Waals surface area contributed by atoms with Crippen LogP contribution in [-0.2, 0) is 4.79 Å². The largest absolute Gasteiger partial charge is 0.480 e. The molecule has 0 aromatic rings. The third-order valence-electron chi connectivity index (χ3n) is 3.23. The zero-order chi connectivity index (χ0) is 11.3. The van der Waals surface area contributed by atoms with Gasteiger partial charge in [-0.1, -0.05) is 19.8 Å². The van der Waals surface area contributed by atoms with Gasteiger partial charge in [-0.2, -0.15) is 11.8 Å². The van der Waals surface area contributed by atoms with Crippen molar-refractivity contribution >= 4 is 17.7 Å². The average molecular weight is 231 g/mol. The highest BCUT2D eigenvalue weighted by atomic mass is 32.2. The Labute approximate surface area is 96.2 Å². The maximum Gasteiger partial charge on any atom is 0.325 e. The molecular weight excluding hydrogens is 210 g/mol. The number of hydrogen-bond acceptors (Lipinski definition) is 3. The molecule has 1 atom stereocenters. The molecule has 4 heteroatoms. The summed E-state index contributed by atoms with van der Waals surface area (Å²) in [6.45, 7) is 3.07. The van der Waals surface area contributed by atoms with Gasteiger partial charge in [0.2, 0.25) is 0 Å². The predicted molar refractivity (Wildman–Crippen MR) is 64.5 cm³/mol. The normalized spacial score (nSPS) is 26.1. The van der Waals surface area contributed by atoms with Gasteiger partial charge in [0, 0.05) is 5.75 Å². The van der Waals surface area contributed by atoms with Gasteiger partial charge in [0.05, 0.1) is 0 Å². The van der Waals surface area contributed by atoms with Crippen molar-refractivity contribution < 1.29 is 9.90 Å². The number of nitrogens with zero attached hydrogens (tertiary/aromatic N) is 1. The van der Waals surface area contributed by atoms with Crippen LogP contribution in [0, 0.1) is 0 Å². The molecule has 1 N–H and O–H groups in total. The Hall–Kier alpha value is -0.220. The molecule has 1 saturated heterocycles. The molecule has 0 amide bonds. The highest BCUT2D eigenvalue weighted by Crippen LogP contribution is 2.33. The molecule has 0 aromatic carbocycles. The third kappa shape index (κ3) is 2.88. The summed E-state index contributed by atoms with van der Waals surface area (Å²) in [5.41, 5.74) is -0.585. The fraction of sp³-hybridized carbons (Fsp3) is 0.909. The summed E-state index contributed by atoms with van der Waals surface area (Å²) >= 11 is 1.75. The van der Waals surface area contributed by atoms with Gasteiger partial charge in [-0.15, -0.1) is 0 Å². The van der Waals surface area contributed by atoms with Crippen molar-refractivity contribution in [2.24, 2.45) is 0 Å². The topological polar surface area (TPSA) is 40.5 Å². The molecule has 1 aliphatic rings. The van der Waals surface area contributed by atoms with E-state index in [0.717, 1.165) is 30.9 Å². The number of carboxylic acid groups (broad SMARTS) is 1. The Balaban J connectivity index is 2.52. The highest BCUT2D eigenvalue weighted by Gasteiger charge is 2.45. The van der Waals surface area contributed by atoms with Crippen LogP contribution in [-0.4, -0.2) is 46.6 Å². The Morgan fingerprint density at radius 1 is 1.53 bits per heavy atom. The third-order valence-corrected chi connectivity index (χ3v) is 4.40. The molecule has 1 rings (SSSR count). The zero-order valence-electron chi connectivity index (χ0n) is 9.66. The molecule has 0 bridgehead atoms. The summed E-state index contributed by atoms with van der Waals surface area (Å²) in [6, 6.07) is 0. The Morgan fingerprint density at radius 3 is 2.73 bits per heavy atom. The fourth-order valence-corrected chi connectivity index (χ4v) is 3.45. The van der Waals surface area contributed by atoms with Gasteiger partial charge in [-0.05, 0) is 32.2 Å². The maximum atomic E-state index is 11.3. The summed E-state index contributed by atoms with van der Waals surface area (Å²) in [7, 11) is 1.95. The van der Waals surface area contributed by atoms with E-state index in [-0.39, 0.29) is 0 Å². The van der Waals surface area contributed by atoms with Crippen LogP contribution in [0.5, 0.6) is 0 Å². The minimum absolute atomic E-state index is 0.585. The van der Waals surface area contributed by atoms with E-state index in [0.29, 0.717) is 0 Å². The van der Waals surface area contributed by atoms with Gasteiger partial charge < -0.3 is 5.11 Å². The standard InChI is InChI=1S/C11H21NO2S/c1-3-4-5-7-12(2)11(10(13)14)6-8-15-9-11/h3-9H2,1-2H3,(H,13,14). The van der Waals surface area contributed by atoms with Crippen LogP contribution in [0.4, 0.5) is 0 Å². The zero-order valence-corrected chi connectivity index (χ0v) is 10.5. The number of carbonyl (C=O) groups is 1. The van der Waals surface area contributed by atoms with E-state index < -0.39 is 11.5 Å². The molecule has 1 aliphatic heterocycles. The maximum absolute atomic E-state index is 11.3. The van der Waals surface area contributed by atoms with Crippen molar-refractivity contribution in [2.75, 3.05) is 25.1 Å². The molecule has 1 heterocycles. The quantitative estimate of drug-likeness (QED) is 0.710. The molecular formula is C11H21NO2S. The van der Waals surface area contributed by atoms with Crippen LogP contribution < -0.4 is 0 Å². The summed E-state index contributed by atoms with van der Waals surface area (Å²) in [5.74, 6) is 1.07. The van der Waals surface area contributed by atoms with Gasteiger partial charge in [0.15, 0.2) is 0 Å². The fourth-order valence-electron chi connectivity index (χ4n) is 2.00. The Morgan fingerprint density at radius 2 is 2.27 bits per heavy atom. The first kappa shape index (κ1) is 12.8. The van der Waals surface area contributed by atoms with E-state index in [9.17, 15) is 9.90 Å². The number of rotatable bonds is 6. The lowest BCUT2D eigenvalue weighted by Crippen LogP contribution is -2.53. The van der Waals surface area contributed by atoms with Crippen LogP contribution in [0.3, 0.4) is 0 Å². The van der Waals surface area contributed by atoms with Gasteiger partial charge in [0.1, 0.15) is 5.54 Å². The van der Waals surface area contributed by atoms with Gasteiger partial charge in [0.25, 0.3) is 0 Å². The molecule has 3 nitrogen and oxygen atoms in total. The van der Waals surface area contributed by atoms with Crippen LogP contribution >= 0.6 is 11.8 Å². The SMILES string of the molecule is CCCCCN(C)C1(C(=O)O)CCSC1. The molecule has 15 heavy (non-hydrogen) atoms. The minimum atomic E-state index is -0.647. The van der Waals surface area contributed by atoms with E-state index in [2.05, 4.69) is 6.92 Å². The number of thioether (sulfide) groups is 1. The second-order valence-electron chi connectivity index (χ2n) is 4.27. The van der Waals surface area contributed by atoms with Crippen molar-refractivity contribution in [1.29, 1.82) is 0 Å². The van der Waals surface area contributed by atoms with E-state index >= 15 is 0 Å². The van der Waals surface area contributed by atoms with Crippen LogP contribution in [0.2, 0.25) is 0 Å². The summed E-state index contributed by atoms with van der Waals surface area (Å²) in [4.78, 5) is 13.4. The van der Waals surface area contributed by atoms with Gasteiger partial charge in [-0.25, -0.2) is 0 Å². The molecule has 0 spiro atoms. The van der Waals surface area contributed by atoms with E-state index in [4.69, 9.17) is 0 Å². The smallest absolute Gasteiger partial charge is 0.325 e. The number of hydrogen-bond donors (Lipinski definition) is 1. The van der Waals surface area contributed by atoms with Crippen LogP contribution in [0.15, 0.2) is 0 Å². The van der Waals surface area contributed by atoms with Crippen molar-refractivity contribution in [3.8, 4) is 0 Å². The number of carboxylic acids is 1. The first-order chi connectivity index (χ1) is 7.13. The molecule has 0 aliphatic carbocycles. The van der Waals surface area contributed by atoms with Gasteiger partial charge >= 0.3 is 5.97 Å². The predicted octanol–water partition coefficient (Wildman–Crippen LogP) is 2.07. The number of aliphatic carboxylic acids is 1. The second kappa shape index (κ2) is 5.75. The highest BCUT2D eigenvalue weighted by molar-refractivity contribution is 7.99. The summed E-state index contributed by atoms with van der Waals surface area (Å²) < 4.78 is 0. The van der Waals surface area contributed by atoms with Crippen molar-refractivity contribution in [2.45, 2.75) is 38.1 Å². The first-order valence-electron chi connectivity index (χ1n) is 5.66. The first-order valence-corrected chi connectivity index (χ1v) is 6.81. The van der Waals surface area contributed by atoms with E-state index in [1.165, 1.54) is 12.8 Å². The monoisotopic (exact) mass is 231 g/mol. The average Bonchev–Trinajstić information content (AvgIpc) is 2.67. The van der Waals surface area contributed by atoms with Crippen molar-refractivity contribution in [3.63, 3.8) is 0 Å². The molecule has 1 fully saturated rings. The second-order valence-corrected chi connectivity index (χ2v) is 5.37. The van der Waals surface area contributed by atoms with Crippen molar-refractivity contribution in [3.05, 3.63) is 0 Å². The molecule has 0 aromatic heterocycles. The van der Waals surface area contributed by atoms with Crippen LogP contribution in [0.25, 0.3) is 0 Å². The molecule has 0 saturated carbocycles. The molecule has 0 radical (unpaired) electrons. The minimum Gasteiger partial charge on any atom is -0.480 e. The Bertz CT molecular complexity index is 215. The van der Waals surface area contributed by atoms with Crippen LogP contribution in [0.1, 0.15) is 32.6 Å². The van der Waals surface area contributed by atoms with Crippen molar-refractivity contribution in [1.82, 2.24) is 4.90 Å². The number of unbranched alkanes of at least 4 members (excludes halogenated alkanes) is 2.